The first-order chi connectivity index (χ1) is 11.2. The first-order valence-electron chi connectivity index (χ1n) is 6.51. The van der Waals surface area contributed by atoms with Crippen LogP contribution in [-0.4, -0.2) is 15.9 Å². The Kier molecular flexibility index (Phi) is 5.08. The van der Waals surface area contributed by atoms with Gasteiger partial charge < -0.3 is 10.1 Å². The topological polar surface area (TPSA) is 64.1 Å². The zero-order chi connectivity index (χ0) is 17.9. The lowest BCUT2D eigenvalue weighted by atomic mass is 10.2. The number of allylic oxidation sites excluding steroid dienone is 1. The number of carbonyl (C=O) groups excluding carboxylic acids is 1. The number of aromatic nitrogens is 2. The molecule has 0 unspecified atom stereocenters. The van der Waals surface area contributed by atoms with Crippen LogP contribution in [0.4, 0.5) is 24.8 Å². The molecule has 1 heterocycles. The standard InChI is InChI=1S/C15H11ClF3N3O2/c1-8(2)24-13(23)9-4-3-5-10(6-9)21-14-20-7-11(12(16)22-14)15(17,18)19/h3-7H,1H2,2H3,(H,20,21,22). The van der Waals surface area contributed by atoms with Crippen molar-refractivity contribution < 1.29 is 22.7 Å². The number of hydrogen-bond acceptors (Lipinski definition) is 5. The molecule has 1 aromatic heterocycles. The van der Waals surface area contributed by atoms with Crippen LogP contribution in [0.3, 0.4) is 0 Å². The molecule has 5 nitrogen and oxygen atoms in total. The van der Waals surface area contributed by atoms with Gasteiger partial charge in [-0.05, 0) is 25.1 Å². The van der Waals surface area contributed by atoms with E-state index in [0.717, 1.165) is 0 Å². The predicted molar refractivity (Wildman–Crippen MR) is 82.0 cm³/mol. The number of hydrogen-bond donors (Lipinski definition) is 1. The summed E-state index contributed by atoms with van der Waals surface area (Å²) in [4.78, 5) is 18.9. The van der Waals surface area contributed by atoms with Crippen molar-refractivity contribution in [2.75, 3.05) is 5.32 Å². The van der Waals surface area contributed by atoms with Crippen molar-refractivity contribution >= 4 is 29.2 Å². The predicted octanol–water partition coefficient (Wildman–Crippen LogP) is 4.58. The van der Waals surface area contributed by atoms with Gasteiger partial charge in [0.2, 0.25) is 5.95 Å². The number of halogens is 4. The highest BCUT2D eigenvalue weighted by molar-refractivity contribution is 6.30. The van der Waals surface area contributed by atoms with E-state index >= 15 is 0 Å². The van der Waals surface area contributed by atoms with Crippen LogP contribution in [0.5, 0.6) is 0 Å². The summed E-state index contributed by atoms with van der Waals surface area (Å²) in [5.74, 6) is -0.521. The Morgan fingerprint density at radius 2 is 2.08 bits per heavy atom. The van der Waals surface area contributed by atoms with E-state index in [4.69, 9.17) is 16.3 Å². The van der Waals surface area contributed by atoms with Gasteiger partial charge in [0, 0.05) is 11.9 Å². The number of anilines is 2. The molecule has 0 fully saturated rings. The van der Waals surface area contributed by atoms with Gasteiger partial charge in [-0.1, -0.05) is 24.2 Å². The minimum atomic E-state index is -4.64. The molecule has 0 aliphatic rings. The average molecular weight is 358 g/mol. The van der Waals surface area contributed by atoms with Gasteiger partial charge in [0.15, 0.2) is 0 Å². The van der Waals surface area contributed by atoms with Gasteiger partial charge in [-0.3, -0.25) is 0 Å². The highest BCUT2D eigenvalue weighted by Gasteiger charge is 2.34. The molecule has 0 radical (unpaired) electrons. The van der Waals surface area contributed by atoms with Crippen molar-refractivity contribution in [3.05, 3.63) is 59.1 Å². The van der Waals surface area contributed by atoms with Crippen LogP contribution in [0.1, 0.15) is 22.8 Å². The summed E-state index contributed by atoms with van der Waals surface area (Å²) in [7, 11) is 0. The third-order valence-corrected chi connectivity index (χ3v) is 2.96. The molecule has 0 amide bonds. The summed E-state index contributed by atoms with van der Waals surface area (Å²) in [6.45, 7) is 4.99. The number of benzene rings is 1. The molecule has 1 aromatic carbocycles. The molecule has 9 heteroatoms. The molecular formula is C15H11ClF3N3O2. The second-order valence-corrected chi connectivity index (χ2v) is 5.05. The van der Waals surface area contributed by atoms with E-state index in [9.17, 15) is 18.0 Å². The van der Waals surface area contributed by atoms with Crippen molar-refractivity contribution in [2.24, 2.45) is 0 Å². The highest BCUT2D eigenvalue weighted by Crippen LogP contribution is 2.33. The summed E-state index contributed by atoms with van der Waals surface area (Å²) in [5, 5.41) is 1.94. The molecule has 0 saturated heterocycles. The van der Waals surface area contributed by atoms with Gasteiger partial charge in [0.1, 0.15) is 10.7 Å². The first-order valence-corrected chi connectivity index (χ1v) is 6.89. The maximum Gasteiger partial charge on any atom is 0.420 e. The van der Waals surface area contributed by atoms with E-state index < -0.39 is 22.9 Å². The number of alkyl halides is 3. The van der Waals surface area contributed by atoms with Crippen LogP contribution in [0, 0.1) is 0 Å². The summed E-state index contributed by atoms with van der Waals surface area (Å²) in [6, 6.07) is 6.08. The lowest BCUT2D eigenvalue weighted by Crippen LogP contribution is -2.09. The third-order valence-electron chi connectivity index (χ3n) is 2.67. The molecular weight excluding hydrogens is 347 g/mol. The molecule has 0 aliphatic carbocycles. The maximum atomic E-state index is 12.6. The number of carbonyl (C=O) groups is 1. The van der Waals surface area contributed by atoms with Crippen LogP contribution in [0.15, 0.2) is 42.8 Å². The van der Waals surface area contributed by atoms with Crippen LogP contribution >= 0.6 is 11.6 Å². The molecule has 0 bridgehead atoms. The second-order valence-electron chi connectivity index (χ2n) is 4.69. The molecule has 0 spiro atoms. The normalized spacial score (nSPS) is 11.0. The molecule has 2 rings (SSSR count). The van der Waals surface area contributed by atoms with Crippen LogP contribution in [-0.2, 0) is 10.9 Å². The minimum Gasteiger partial charge on any atom is -0.428 e. The molecule has 0 atom stereocenters. The Morgan fingerprint density at radius 3 is 2.67 bits per heavy atom. The fourth-order valence-electron chi connectivity index (χ4n) is 1.68. The Hall–Kier alpha value is -2.61. The smallest absolute Gasteiger partial charge is 0.420 e. The van der Waals surface area contributed by atoms with E-state index in [2.05, 4.69) is 21.9 Å². The van der Waals surface area contributed by atoms with Gasteiger partial charge >= 0.3 is 12.1 Å². The van der Waals surface area contributed by atoms with Crippen molar-refractivity contribution in [1.82, 2.24) is 9.97 Å². The number of nitrogens with one attached hydrogen (secondary N) is 1. The number of rotatable bonds is 4. The number of nitrogens with zero attached hydrogens (tertiary/aromatic N) is 2. The van der Waals surface area contributed by atoms with Crippen molar-refractivity contribution in [3.63, 3.8) is 0 Å². The summed E-state index contributed by atoms with van der Waals surface area (Å²) in [6.07, 6.45) is -4.06. The third kappa shape index (κ3) is 4.45. The Balaban J connectivity index is 2.21. The van der Waals surface area contributed by atoms with Gasteiger partial charge in [0.05, 0.1) is 11.3 Å². The quantitative estimate of drug-likeness (QED) is 0.493. The molecule has 1 N–H and O–H groups in total. The van der Waals surface area contributed by atoms with Crippen molar-refractivity contribution in [2.45, 2.75) is 13.1 Å². The SMILES string of the molecule is C=C(C)OC(=O)c1cccc(Nc2ncc(C(F)(F)F)c(Cl)n2)c1. The molecule has 0 aliphatic heterocycles. The maximum absolute atomic E-state index is 12.6. The van der Waals surface area contributed by atoms with Gasteiger partial charge in [0.25, 0.3) is 0 Å². The van der Waals surface area contributed by atoms with E-state index in [1.54, 1.807) is 12.1 Å². The van der Waals surface area contributed by atoms with E-state index in [0.29, 0.717) is 11.9 Å². The highest BCUT2D eigenvalue weighted by atomic mass is 35.5. The monoisotopic (exact) mass is 357 g/mol. The van der Waals surface area contributed by atoms with Crippen LogP contribution < -0.4 is 5.32 Å². The fourth-order valence-corrected chi connectivity index (χ4v) is 1.92. The number of esters is 1. The average Bonchev–Trinajstić information content (AvgIpc) is 2.45. The van der Waals surface area contributed by atoms with Gasteiger partial charge in [-0.25, -0.2) is 14.8 Å². The number of ether oxygens (including phenoxy) is 1. The Morgan fingerprint density at radius 1 is 1.38 bits per heavy atom. The second kappa shape index (κ2) is 6.88. The first kappa shape index (κ1) is 17.7. The molecule has 2 aromatic rings. The van der Waals surface area contributed by atoms with Crippen molar-refractivity contribution in [3.8, 4) is 0 Å². The van der Waals surface area contributed by atoms with Crippen molar-refractivity contribution in [1.29, 1.82) is 0 Å². The molecule has 0 saturated carbocycles. The minimum absolute atomic E-state index is 0.140. The lowest BCUT2D eigenvalue weighted by molar-refractivity contribution is -0.137. The zero-order valence-electron chi connectivity index (χ0n) is 12.3. The molecule has 24 heavy (non-hydrogen) atoms. The zero-order valence-corrected chi connectivity index (χ0v) is 13.1. The summed E-state index contributed by atoms with van der Waals surface area (Å²) in [5.41, 5.74) is -0.531. The van der Waals surface area contributed by atoms with E-state index in [-0.39, 0.29) is 17.3 Å². The van der Waals surface area contributed by atoms with E-state index in [1.807, 2.05) is 0 Å². The largest absolute Gasteiger partial charge is 0.428 e. The van der Waals surface area contributed by atoms with Gasteiger partial charge in [-0.15, -0.1) is 0 Å². The van der Waals surface area contributed by atoms with E-state index in [1.165, 1.54) is 19.1 Å². The fraction of sp³-hybridized carbons (Fsp3) is 0.133. The Bertz CT molecular complexity index is 794. The summed E-state index contributed by atoms with van der Waals surface area (Å²) >= 11 is 5.52. The van der Waals surface area contributed by atoms with Gasteiger partial charge in [-0.2, -0.15) is 13.2 Å². The Labute approximate surface area is 140 Å². The molecule has 126 valence electrons. The van der Waals surface area contributed by atoms with Crippen LogP contribution in [0.2, 0.25) is 5.15 Å². The lowest BCUT2D eigenvalue weighted by Gasteiger charge is -2.10. The van der Waals surface area contributed by atoms with Crippen LogP contribution in [0.25, 0.3) is 0 Å². The summed E-state index contributed by atoms with van der Waals surface area (Å²) < 4.78 is 42.7.